The fourth-order valence-electron chi connectivity index (χ4n) is 7.68. The molecule has 0 unspecified atom stereocenters. The number of ether oxygens (including phenoxy) is 2. The first-order valence-corrected chi connectivity index (χ1v) is 15.5. The van der Waals surface area contributed by atoms with Crippen LogP contribution < -0.4 is 20.1 Å². The molecule has 3 atom stereocenters. The van der Waals surface area contributed by atoms with Crippen LogP contribution in [0.3, 0.4) is 0 Å². The molecule has 4 aliphatic rings. The summed E-state index contributed by atoms with van der Waals surface area (Å²) in [6.07, 6.45) is 4.00. The first-order valence-electron chi connectivity index (χ1n) is 14.7. The SMILES string of the molecule is N#Cc1c(N)sc2c(F)ccc(-c3cc4c5c(nc(OC[C@@]67CCCN6C[C@H](F)C7)nc5c3F)N3CCC[C@@H]3CCO4)c12. The molecule has 12 heteroatoms. The van der Waals surface area contributed by atoms with E-state index < -0.39 is 23.3 Å². The van der Waals surface area contributed by atoms with Gasteiger partial charge in [-0.3, -0.25) is 4.90 Å². The van der Waals surface area contributed by atoms with Crippen LogP contribution in [0.4, 0.5) is 24.0 Å². The minimum Gasteiger partial charge on any atom is -0.493 e. The van der Waals surface area contributed by atoms with E-state index in [0.717, 1.165) is 56.5 Å². The average molecular weight is 607 g/mol. The number of halogens is 3. The molecule has 4 aliphatic heterocycles. The predicted octanol–water partition coefficient (Wildman–Crippen LogP) is 5.95. The lowest BCUT2D eigenvalue weighted by atomic mass is 9.95. The Hall–Kier alpha value is -3.82. The second kappa shape index (κ2) is 9.86. The van der Waals surface area contributed by atoms with E-state index in [-0.39, 0.29) is 50.4 Å². The van der Waals surface area contributed by atoms with E-state index in [1.165, 1.54) is 12.1 Å². The fourth-order valence-corrected chi connectivity index (χ4v) is 8.63. The number of hydrogen-bond acceptors (Lipinski definition) is 9. The highest BCUT2D eigenvalue weighted by molar-refractivity contribution is 7.23. The van der Waals surface area contributed by atoms with Gasteiger partial charge in [0.2, 0.25) is 0 Å². The van der Waals surface area contributed by atoms with Crippen molar-refractivity contribution < 1.29 is 22.6 Å². The van der Waals surface area contributed by atoms with E-state index in [1.807, 2.05) is 0 Å². The topological polar surface area (TPSA) is 101 Å². The fraction of sp³-hybridized carbons (Fsp3) is 0.452. The number of aromatic nitrogens is 2. The van der Waals surface area contributed by atoms with Gasteiger partial charge >= 0.3 is 6.01 Å². The Morgan fingerprint density at radius 2 is 2.05 bits per heavy atom. The quantitative estimate of drug-likeness (QED) is 0.304. The standard InChI is InChI=1S/C31H29F3N6O2S/c32-16-12-31(7-2-8-39(31)14-16)15-42-30-37-26-24-22(41-10-6-17-3-1-9-40(17)29(24)38-30)11-19(25(26)34)18-4-5-21(33)27-23(18)20(13-35)28(36)43-27/h4-5,11,16-17H,1-3,6-10,12,14-15,36H2/t16-,17-,31+/m1/s1. The molecule has 4 aromatic rings. The molecule has 0 bridgehead atoms. The number of nitrogen functional groups attached to an aromatic ring is 1. The summed E-state index contributed by atoms with van der Waals surface area (Å²) in [6.45, 7) is 2.62. The second-order valence-corrected chi connectivity index (χ2v) is 13.1. The minimum absolute atomic E-state index is 0.0230. The number of thiophene rings is 1. The van der Waals surface area contributed by atoms with Crippen molar-refractivity contribution in [3.8, 4) is 29.0 Å². The van der Waals surface area contributed by atoms with Gasteiger partial charge in [0.05, 0.1) is 27.8 Å². The molecule has 2 aromatic heterocycles. The summed E-state index contributed by atoms with van der Waals surface area (Å²) >= 11 is 0.960. The summed E-state index contributed by atoms with van der Waals surface area (Å²) in [6, 6.07) is 6.59. The maximum atomic E-state index is 16.8. The Bertz CT molecular complexity index is 1840. The molecular formula is C31H29F3N6O2S. The van der Waals surface area contributed by atoms with Crippen molar-refractivity contribution in [3.05, 3.63) is 35.4 Å². The zero-order valence-electron chi connectivity index (χ0n) is 23.3. The molecule has 6 heterocycles. The summed E-state index contributed by atoms with van der Waals surface area (Å²) in [4.78, 5) is 13.8. The van der Waals surface area contributed by atoms with Gasteiger partial charge in [0.25, 0.3) is 0 Å². The molecule has 8 nitrogen and oxygen atoms in total. The molecule has 0 spiro atoms. The molecule has 0 amide bonds. The molecule has 43 heavy (non-hydrogen) atoms. The van der Waals surface area contributed by atoms with Crippen LogP contribution in [0.25, 0.3) is 32.1 Å². The maximum absolute atomic E-state index is 16.8. The first kappa shape index (κ1) is 26.8. The molecule has 3 fully saturated rings. The third-order valence-corrected chi connectivity index (χ3v) is 10.7. The van der Waals surface area contributed by atoms with E-state index in [0.29, 0.717) is 42.1 Å². The first-order chi connectivity index (χ1) is 20.9. The molecule has 0 radical (unpaired) electrons. The van der Waals surface area contributed by atoms with E-state index in [4.69, 9.17) is 20.2 Å². The minimum atomic E-state index is -0.906. The smallest absolute Gasteiger partial charge is 0.319 e. The Labute approximate surface area is 249 Å². The summed E-state index contributed by atoms with van der Waals surface area (Å²) in [7, 11) is 0. The number of nitrogens with zero attached hydrogens (tertiary/aromatic N) is 5. The normalized spacial score (nSPS) is 24.9. The van der Waals surface area contributed by atoms with Crippen LogP contribution in [0.15, 0.2) is 18.2 Å². The lowest BCUT2D eigenvalue weighted by Gasteiger charge is -2.32. The van der Waals surface area contributed by atoms with Crippen molar-refractivity contribution in [2.45, 2.75) is 56.3 Å². The zero-order valence-corrected chi connectivity index (χ0v) is 24.2. The van der Waals surface area contributed by atoms with Gasteiger partial charge in [0.1, 0.15) is 46.8 Å². The van der Waals surface area contributed by atoms with Crippen LogP contribution in [0.2, 0.25) is 0 Å². The highest BCUT2D eigenvalue weighted by atomic mass is 32.1. The molecule has 0 aliphatic carbocycles. The number of nitriles is 1. The zero-order chi connectivity index (χ0) is 29.5. The van der Waals surface area contributed by atoms with Crippen LogP contribution in [-0.4, -0.2) is 65.5 Å². The number of nitrogens with two attached hydrogens (primary N) is 1. The molecule has 8 rings (SSSR count). The molecular weight excluding hydrogens is 577 g/mol. The molecule has 0 saturated carbocycles. The van der Waals surface area contributed by atoms with E-state index in [1.54, 1.807) is 6.07 Å². The highest BCUT2D eigenvalue weighted by Gasteiger charge is 2.49. The van der Waals surface area contributed by atoms with Gasteiger partial charge in [-0.05, 0) is 49.9 Å². The van der Waals surface area contributed by atoms with E-state index in [9.17, 15) is 14.0 Å². The van der Waals surface area contributed by atoms with Crippen LogP contribution in [-0.2, 0) is 0 Å². The van der Waals surface area contributed by atoms with Crippen molar-refractivity contribution in [1.82, 2.24) is 14.9 Å². The Morgan fingerprint density at radius 3 is 2.91 bits per heavy atom. The Morgan fingerprint density at radius 1 is 1.16 bits per heavy atom. The molecule has 222 valence electrons. The van der Waals surface area contributed by atoms with Gasteiger partial charge in [-0.2, -0.15) is 15.2 Å². The van der Waals surface area contributed by atoms with Crippen molar-refractivity contribution in [2.24, 2.45) is 0 Å². The molecule has 2 N–H and O–H groups in total. The Kier molecular flexibility index (Phi) is 6.14. The van der Waals surface area contributed by atoms with Crippen molar-refractivity contribution in [1.29, 1.82) is 5.26 Å². The highest BCUT2D eigenvalue weighted by Crippen LogP contribution is 2.47. The number of benzene rings is 2. The van der Waals surface area contributed by atoms with Crippen LogP contribution in [0, 0.1) is 23.0 Å². The summed E-state index contributed by atoms with van der Waals surface area (Å²) in [5, 5.41) is 10.7. The molecule has 3 saturated heterocycles. The lowest BCUT2D eigenvalue weighted by Crippen LogP contribution is -2.43. The number of alkyl halides is 1. The van der Waals surface area contributed by atoms with Gasteiger partial charge in [-0.15, -0.1) is 11.3 Å². The van der Waals surface area contributed by atoms with Crippen molar-refractivity contribution in [2.75, 3.05) is 43.5 Å². The maximum Gasteiger partial charge on any atom is 0.319 e. The Balaban J connectivity index is 1.32. The number of fused-ring (bicyclic) bond motifs is 4. The van der Waals surface area contributed by atoms with Gasteiger partial charge in [-0.1, -0.05) is 6.07 Å². The van der Waals surface area contributed by atoms with Crippen LogP contribution in [0.1, 0.15) is 44.1 Å². The van der Waals surface area contributed by atoms with Crippen LogP contribution in [0.5, 0.6) is 11.8 Å². The van der Waals surface area contributed by atoms with Gasteiger partial charge in [-0.25, -0.2) is 13.2 Å². The third kappa shape index (κ3) is 4.04. The van der Waals surface area contributed by atoms with Gasteiger partial charge in [0, 0.05) is 42.9 Å². The number of hydrogen-bond donors (Lipinski definition) is 1. The lowest BCUT2D eigenvalue weighted by molar-refractivity contribution is 0.107. The second-order valence-electron chi connectivity index (χ2n) is 12.0. The van der Waals surface area contributed by atoms with Crippen LogP contribution >= 0.6 is 11.3 Å². The number of rotatable bonds is 4. The predicted molar refractivity (Wildman–Crippen MR) is 158 cm³/mol. The summed E-state index contributed by atoms with van der Waals surface area (Å²) in [5.74, 6) is -0.222. The van der Waals surface area contributed by atoms with Crippen molar-refractivity contribution >= 4 is 43.1 Å². The number of anilines is 2. The van der Waals surface area contributed by atoms with E-state index in [2.05, 4.69) is 20.9 Å². The van der Waals surface area contributed by atoms with Gasteiger partial charge in [0.15, 0.2) is 5.82 Å². The summed E-state index contributed by atoms with van der Waals surface area (Å²) < 4.78 is 58.8. The largest absolute Gasteiger partial charge is 0.493 e. The summed E-state index contributed by atoms with van der Waals surface area (Å²) in [5.41, 5.74) is 6.22. The molecule has 2 aromatic carbocycles. The third-order valence-electron chi connectivity index (χ3n) is 9.64. The van der Waals surface area contributed by atoms with Gasteiger partial charge < -0.3 is 20.1 Å². The monoisotopic (exact) mass is 606 g/mol. The van der Waals surface area contributed by atoms with Crippen molar-refractivity contribution in [3.63, 3.8) is 0 Å². The van der Waals surface area contributed by atoms with E-state index >= 15 is 4.39 Å². The average Bonchev–Trinajstić information content (AvgIpc) is 3.74.